The molecule has 0 aromatic heterocycles. The second-order valence-corrected chi connectivity index (χ2v) is 5.03. The normalized spacial score (nSPS) is 13.9. The number of nitrogens with two attached hydrogens (primary N) is 1. The van der Waals surface area contributed by atoms with Crippen LogP contribution in [0.1, 0.15) is 18.0 Å². The van der Waals surface area contributed by atoms with Crippen molar-refractivity contribution in [2.24, 2.45) is 5.73 Å². The molecule has 0 radical (unpaired) electrons. The highest BCUT2D eigenvalue weighted by molar-refractivity contribution is 7.98. The van der Waals surface area contributed by atoms with Crippen molar-refractivity contribution in [2.75, 3.05) is 18.6 Å². The second-order valence-electron chi connectivity index (χ2n) is 4.04. The largest absolute Gasteiger partial charge is 0.394 e. The summed E-state index contributed by atoms with van der Waals surface area (Å²) >= 11 is 1.66. The van der Waals surface area contributed by atoms with Crippen molar-refractivity contribution >= 4 is 17.7 Å². The molecule has 0 unspecified atom stereocenters. The molecule has 0 heterocycles. The van der Waals surface area contributed by atoms with Crippen molar-refractivity contribution in [3.05, 3.63) is 35.9 Å². The number of carbonyl (C=O) groups is 1. The van der Waals surface area contributed by atoms with E-state index in [1.807, 2.05) is 36.6 Å². The summed E-state index contributed by atoms with van der Waals surface area (Å²) in [4.78, 5) is 11.8. The van der Waals surface area contributed by atoms with Gasteiger partial charge >= 0.3 is 0 Å². The Bertz CT molecular complexity index is 359. The molecule has 1 amide bonds. The van der Waals surface area contributed by atoms with Gasteiger partial charge < -0.3 is 16.2 Å². The SMILES string of the molecule is CSCC[C@H](N)C(=O)N[C@H](CO)c1ccccc1. The molecule has 0 aliphatic rings. The molecule has 2 atom stereocenters. The first-order valence-corrected chi connectivity index (χ1v) is 7.29. The molecule has 4 nitrogen and oxygen atoms in total. The lowest BCUT2D eigenvalue weighted by atomic mass is 10.1. The number of rotatable bonds is 7. The van der Waals surface area contributed by atoms with Gasteiger partial charge in [0.05, 0.1) is 18.7 Å². The maximum Gasteiger partial charge on any atom is 0.237 e. The lowest BCUT2D eigenvalue weighted by Crippen LogP contribution is -2.43. The average Bonchev–Trinajstić information content (AvgIpc) is 2.42. The number of hydrogen-bond donors (Lipinski definition) is 3. The Hall–Kier alpha value is -1.04. The third kappa shape index (κ3) is 4.68. The number of carbonyl (C=O) groups excluding carboxylic acids is 1. The molecular weight excluding hydrogens is 248 g/mol. The summed E-state index contributed by atoms with van der Waals surface area (Å²) < 4.78 is 0. The summed E-state index contributed by atoms with van der Waals surface area (Å²) in [7, 11) is 0. The maximum absolute atomic E-state index is 11.8. The van der Waals surface area contributed by atoms with Crippen LogP contribution in [0.2, 0.25) is 0 Å². The van der Waals surface area contributed by atoms with Crippen LogP contribution in [-0.2, 0) is 4.79 Å². The quantitative estimate of drug-likeness (QED) is 0.687. The molecule has 0 bridgehead atoms. The highest BCUT2D eigenvalue weighted by atomic mass is 32.2. The van der Waals surface area contributed by atoms with Gasteiger partial charge in [0.2, 0.25) is 5.91 Å². The van der Waals surface area contributed by atoms with E-state index in [0.29, 0.717) is 6.42 Å². The van der Waals surface area contributed by atoms with E-state index in [4.69, 9.17) is 5.73 Å². The van der Waals surface area contributed by atoms with Gasteiger partial charge in [-0.25, -0.2) is 0 Å². The summed E-state index contributed by atoms with van der Waals surface area (Å²) in [6.07, 6.45) is 2.62. The van der Waals surface area contributed by atoms with Crippen molar-refractivity contribution in [1.29, 1.82) is 0 Å². The fraction of sp³-hybridized carbons (Fsp3) is 0.462. The minimum Gasteiger partial charge on any atom is -0.394 e. The molecule has 5 heteroatoms. The maximum atomic E-state index is 11.8. The van der Waals surface area contributed by atoms with E-state index >= 15 is 0 Å². The molecule has 1 aromatic carbocycles. The van der Waals surface area contributed by atoms with E-state index in [1.54, 1.807) is 11.8 Å². The van der Waals surface area contributed by atoms with Gasteiger partial charge in [-0.15, -0.1) is 0 Å². The van der Waals surface area contributed by atoms with E-state index in [9.17, 15) is 9.90 Å². The van der Waals surface area contributed by atoms with Crippen molar-refractivity contribution in [2.45, 2.75) is 18.5 Å². The minimum absolute atomic E-state index is 0.134. The summed E-state index contributed by atoms with van der Waals surface area (Å²) in [5.74, 6) is 0.635. The van der Waals surface area contributed by atoms with Crippen molar-refractivity contribution in [3.63, 3.8) is 0 Å². The van der Waals surface area contributed by atoms with Crippen molar-refractivity contribution in [3.8, 4) is 0 Å². The Morgan fingerprint density at radius 3 is 2.67 bits per heavy atom. The van der Waals surface area contributed by atoms with Crippen LogP contribution < -0.4 is 11.1 Å². The van der Waals surface area contributed by atoms with Gasteiger partial charge in [-0.2, -0.15) is 11.8 Å². The molecule has 100 valence electrons. The lowest BCUT2D eigenvalue weighted by Gasteiger charge is -2.19. The number of thioether (sulfide) groups is 1. The average molecular weight is 268 g/mol. The zero-order valence-electron chi connectivity index (χ0n) is 10.5. The van der Waals surface area contributed by atoms with Gasteiger partial charge in [0.15, 0.2) is 0 Å². The third-order valence-electron chi connectivity index (χ3n) is 2.67. The summed E-state index contributed by atoms with van der Waals surface area (Å²) in [5.41, 5.74) is 6.66. The Morgan fingerprint density at radius 2 is 2.11 bits per heavy atom. The van der Waals surface area contributed by atoms with Crippen LogP contribution in [0.25, 0.3) is 0 Å². The summed E-state index contributed by atoms with van der Waals surface area (Å²) in [6, 6.07) is 8.47. The molecule has 0 saturated heterocycles. The van der Waals surface area contributed by atoms with Crippen LogP contribution in [0.3, 0.4) is 0 Å². The highest BCUT2D eigenvalue weighted by Gasteiger charge is 2.18. The van der Waals surface area contributed by atoms with E-state index in [0.717, 1.165) is 11.3 Å². The number of amides is 1. The van der Waals surface area contributed by atoms with Crippen LogP contribution in [0, 0.1) is 0 Å². The van der Waals surface area contributed by atoms with Crippen LogP contribution in [0.5, 0.6) is 0 Å². The first kappa shape index (κ1) is 15.0. The van der Waals surface area contributed by atoms with Gasteiger partial charge in [-0.3, -0.25) is 4.79 Å². The molecule has 1 aromatic rings. The fourth-order valence-corrected chi connectivity index (χ4v) is 2.06. The number of benzene rings is 1. The van der Waals surface area contributed by atoms with Gasteiger partial charge in [-0.05, 0) is 24.0 Å². The predicted octanol–water partition coefficient (Wildman–Crippen LogP) is 0.917. The van der Waals surface area contributed by atoms with Gasteiger partial charge in [0.25, 0.3) is 0 Å². The third-order valence-corrected chi connectivity index (χ3v) is 3.31. The molecule has 18 heavy (non-hydrogen) atoms. The molecule has 0 fully saturated rings. The monoisotopic (exact) mass is 268 g/mol. The van der Waals surface area contributed by atoms with Gasteiger partial charge in [0, 0.05) is 0 Å². The zero-order valence-corrected chi connectivity index (χ0v) is 11.3. The Balaban J connectivity index is 2.56. The fourth-order valence-electron chi connectivity index (χ4n) is 1.57. The number of hydrogen-bond acceptors (Lipinski definition) is 4. The number of aliphatic hydroxyl groups is 1. The van der Waals surface area contributed by atoms with Crippen LogP contribution >= 0.6 is 11.8 Å². The lowest BCUT2D eigenvalue weighted by molar-refractivity contribution is -0.123. The summed E-state index contributed by atoms with van der Waals surface area (Å²) in [5, 5.41) is 12.1. The minimum atomic E-state index is -0.518. The van der Waals surface area contributed by atoms with Crippen molar-refractivity contribution < 1.29 is 9.90 Å². The Morgan fingerprint density at radius 1 is 1.44 bits per heavy atom. The standard InChI is InChI=1S/C13H20N2O2S/c1-18-8-7-11(14)13(17)15-12(9-16)10-5-3-2-4-6-10/h2-6,11-12,16H,7-9,14H2,1H3,(H,15,17)/t11-,12+/m0/s1. The molecular formula is C13H20N2O2S. The van der Waals surface area contributed by atoms with Gasteiger partial charge in [0.1, 0.15) is 0 Å². The van der Waals surface area contributed by atoms with Crippen LogP contribution in [0.15, 0.2) is 30.3 Å². The number of aliphatic hydroxyl groups excluding tert-OH is 1. The topological polar surface area (TPSA) is 75.4 Å². The van der Waals surface area contributed by atoms with E-state index < -0.39 is 6.04 Å². The van der Waals surface area contributed by atoms with Crippen LogP contribution in [-0.4, -0.2) is 35.7 Å². The first-order valence-electron chi connectivity index (χ1n) is 5.89. The van der Waals surface area contributed by atoms with Gasteiger partial charge in [-0.1, -0.05) is 30.3 Å². The van der Waals surface area contributed by atoms with Crippen molar-refractivity contribution in [1.82, 2.24) is 5.32 Å². The molecule has 1 rings (SSSR count). The molecule has 0 aliphatic carbocycles. The Labute approximate surface area is 112 Å². The van der Waals surface area contributed by atoms with E-state index in [-0.39, 0.29) is 18.6 Å². The summed E-state index contributed by atoms with van der Waals surface area (Å²) in [6.45, 7) is -0.134. The zero-order chi connectivity index (χ0) is 13.4. The van der Waals surface area contributed by atoms with E-state index in [2.05, 4.69) is 5.32 Å². The smallest absolute Gasteiger partial charge is 0.237 e. The molecule has 0 spiro atoms. The first-order chi connectivity index (χ1) is 8.69. The second kappa shape index (κ2) is 8.13. The molecule has 0 saturated carbocycles. The van der Waals surface area contributed by atoms with Crippen LogP contribution in [0.4, 0.5) is 0 Å². The Kier molecular flexibility index (Phi) is 6.78. The van der Waals surface area contributed by atoms with E-state index in [1.165, 1.54) is 0 Å². The predicted molar refractivity (Wildman–Crippen MR) is 75.4 cm³/mol. The number of nitrogens with one attached hydrogen (secondary N) is 1. The molecule has 4 N–H and O–H groups in total. The molecule has 0 aliphatic heterocycles. The highest BCUT2D eigenvalue weighted by Crippen LogP contribution is 2.12.